The molecule has 1 N–H and O–H groups in total. The van der Waals surface area contributed by atoms with Gasteiger partial charge in [-0.15, -0.1) is 0 Å². The number of halogens is 1. The lowest BCUT2D eigenvalue weighted by Gasteiger charge is -2.24. The third kappa shape index (κ3) is 6.70. The fourth-order valence-corrected chi connectivity index (χ4v) is 3.82. The van der Waals surface area contributed by atoms with Gasteiger partial charge in [-0.05, 0) is 25.5 Å². The number of amides is 1. The number of hydrogen-bond acceptors (Lipinski definition) is 5. The van der Waals surface area contributed by atoms with Gasteiger partial charge in [-0.3, -0.25) is 9.63 Å². The van der Waals surface area contributed by atoms with Gasteiger partial charge in [-0.25, -0.2) is 4.79 Å². The first-order valence-corrected chi connectivity index (χ1v) is 12.1. The molecule has 0 aromatic heterocycles. The highest BCUT2D eigenvalue weighted by Gasteiger charge is 2.43. The van der Waals surface area contributed by atoms with Crippen molar-refractivity contribution in [3.63, 3.8) is 0 Å². The van der Waals surface area contributed by atoms with Crippen molar-refractivity contribution in [3.8, 4) is 0 Å². The van der Waals surface area contributed by atoms with Crippen molar-refractivity contribution < 1.29 is 19.2 Å². The molecule has 180 valence electrons. The van der Waals surface area contributed by atoms with Gasteiger partial charge < -0.3 is 10.1 Å². The van der Waals surface area contributed by atoms with Crippen molar-refractivity contribution >= 4 is 29.2 Å². The van der Waals surface area contributed by atoms with Crippen LogP contribution in [0.4, 0.5) is 4.79 Å². The smallest absolute Gasteiger partial charge is 0.433 e. The van der Waals surface area contributed by atoms with E-state index in [0.29, 0.717) is 22.7 Å². The molecule has 1 aliphatic heterocycles. The van der Waals surface area contributed by atoms with Gasteiger partial charge in [0.05, 0.1) is 0 Å². The highest BCUT2D eigenvalue weighted by molar-refractivity contribution is 6.30. The van der Waals surface area contributed by atoms with E-state index in [1.807, 2.05) is 30.3 Å². The number of ketones is 1. The quantitative estimate of drug-likeness (QED) is 0.171. The molecule has 2 aromatic carbocycles. The molecule has 34 heavy (non-hydrogen) atoms. The van der Waals surface area contributed by atoms with E-state index in [1.165, 1.54) is 25.3 Å². The molecule has 1 aliphatic rings. The Morgan fingerprint density at radius 1 is 1.03 bits per heavy atom. The molecule has 1 unspecified atom stereocenters. The van der Waals surface area contributed by atoms with Crippen LogP contribution in [0.2, 0.25) is 5.02 Å². The van der Waals surface area contributed by atoms with Gasteiger partial charge in [0.2, 0.25) is 5.78 Å². The molecule has 0 radical (unpaired) electrons. The topological polar surface area (TPSA) is 77.0 Å². The Bertz CT molecular complexity index is 1030. The molecular formula is C27H31ClN2O4. The summed E-state index contributed by atoms with van der Waals surface area (Å²) in [5.74, 6) is -0.00153. The number of nitrogens with zero attached hydrogens (tertiary/aromatic N) is 1. The average Bonchev–Trinajstić information content (AvgIpc) is 3.14. The van der Waals surface area contributed by atoms with E-state index in [1.54, 1.807) is 31.2 Å². The SMILES string of the molecule is CCCCCCCCNC(=O)ON=C(C1=CC(=O)C(C)(c2ccc(Cl)cc2)O1)c1ccccc1. The predicted octanol–water partition coefficient (Wildman–Crippen LogP) is 6.53. The number of benzene rings is 2. The summed E-state index contributed by atoms with van der Waals surface area (Å²) in [5.41, 5.74) is 0.361. The lowest BCUT2D eigenvalue weighted by atomic mass is 9.92. The van der Waals surface area contributed by atoms with Gasteiger partial charge >= 0.3 is 6.09 Å². The molecule has 1 heterocycles. The maximum absolute atomic E-state index is 12.9. The highest BCUT2D eigenvalue weighted by Crippen LogP contribution is 2.36. The van der Waals surface area contributed by atoms with Crippen LogP contribution in [0.25, 0.3) is 0 Å². The van der Waals surface area contributed by atoms with Crippen molar-refractivity contribution in [1.82, 2.24) is 5.32 Å². The summed E-state index contributed by atoms with van der Waals surface area (Å²) in [6.45, 7) is 4.40. The first-order valence-electron chi connectivity index (χ1n) is 11.7. The Kier molecular flexibility index (Phi) is 9.28. The molecule has 7 heteroatoms. The minimum absolute atomic E-state index is 0.234. The maximum Gasteiger partial charge on any atom is 0.433 e. The highest BCUT2D eigenvalue weighted by atomic mass is 35.5. The first kappa shape index (κ1) is 25.5. The van der Waals surface area contributed by atoms with Crippen LogP contribution in [0.5, 0.6) is 0 Å². The number of allylic oxidation sites excluding steroid dienone is 1. The molecule has 6 nitrogen and oxygen atoms in total. The number of unbranched alkanes of at least 4 members (excludes halogenated alkanes) is 5. The minimum atomic E-state index is -1.23. The third-order valence-corrected chi connectivity index (χ3v) is 5.99. The average molecular weight is 483 g/mol. The Hall–Kier alpha value is -3.12. The summed E-state index contributed by atoms with van der Waals surface area (Å²) >= 11 is 5.99. The van der Waals surface area contributed by atoms with Gasteiger partial charge in [-0.1, -0.05) is 98.2 Å². The molecule has 0 saturated carbocycles. The van der Waals surface area contributed by atoms with Crippen LogP contribution >= 0.6 is 11.6 Å². The van der Waals surface area contributed by atoms with Crippen molar-refractivity contribution in [3.05, 3.63) is 82.6 Å². The maximum atomic E-state index is 12.9. The summed E-state index contributed by atoms with van der Waals surface area (Å²) in [6, 6.07) is 16.1. The van der Waals surface area contributed by atoms with Crippen LogP contribution in [0.3, 0.4) is 0 Å². The van der Waals surface area contributed by atoms with E-state index < -0.39 is 11.7 Å². The number of nitrogens with one attached hydrogen (secondary N) is 1. The number of carbonyl (C=O) groups excluding carboxylic acids is 2. The standard InChI is InChI=1S/C27H31ClN2O4/c1-3-4-5-6-7-11-18-29-26(32)34-30-25(20-12-9-8-10-13-20)23-19-24(31)27(2,33-23)21-14-16-22(28)17-15-21/h8-10,12-17,19H,3-7,11,18H2,1-2H3,(H,29,32). The molecule has 0 bridgehead atoms. The van der Waals surface area contributed by atoms with Gasteiger partial charge in [0, 0.05) is 28.8 Å². The van der Waals surface area contributed by atoms with Gasteiger partial charge in [-0.2, -0.15) is 0 Å². The Labute approximate surface area is 206 Å². The van der Waals surface area contributed by atoms with Crippen molar-refractivity contribution in [2.24, 2.45) is 5.16 Å². The molecule has 1 atom stereocenters. The van der Waals surface area contributed by atoms with Gasteiger partial charge in [0.1, 0.15) is 0 Å². The molecule has 0 spiro atoms. The van der Waals surface area contributed by atoms with E-state index >= 15 is 0 Å². The van der Waals surface area contributed by atoms with Crippen LogP contribution in [-0.4, -0.2) is 24.1 Å². The first-order chi connectivity index (χ1) is 16.4. The minimum Gasteiger partial charge on any atom is -0.472 e. The zero-order valence-electron chi connectivity index (χ0n) is 19.7. The number of carbonyl (C=O) groups is 2. The second-order valence-corrected chi connectivity index (χ2v) is 8.83. The molecule has 1 amide bonds. The second kappa shape index (κ2) is 12.4. The van der Waals surface area contributed by atoms with Crippen LogP contribution < -0.4 is 5.32 Å². The van der Waals surface area contributed by atoms with Crippen molar-refractivity contribution in [2.45, 2.75) is 58.0 Å². The normalized spacial score (nSPS) is 17.8. The number of ether oxygens (including phenoxy) is 1. The van der Waals surface area contributed by atoms with Crippen LogP contribution in [0, 0.1) is 0 Å². The van der Waals surface area contributed by atoms with Crippen LogP contribution in [-0.2, 0) is 20.0 Å². The van der Waals surface area contributed by atoms with E-state index in [9.17, 15) is 9.59 Å². The number of rotatable bonds is 11. The molecule has 0 fully saturated rings. The fourth-order valence-electron chi connectivity index (χ4n) is 3.69. The summed E-state index contributed by atoms with van der Waals surface area (Å²) in [4.78, 5) is 30.2. The Morgan fingerprint density at radius 3 is 2.41 bits per heavy atom. The Balaban J connectivity index is 1.68. The summed E-state index contributed by atoms with van der Waals surface area (Å²) in [5, 5.41) is 7.35. The van der Waals surface area contributed by atoms with Crippen LogP contribution in [0.1, 0.15) is 63.5 Å². The van der Waals surface area contributed by atoms with E-state index in [4.69, 9.17) is 21.2 Å². The zero-order chi connectivity index (χ0) is 24.4. The Morgan fingerprint density at radius 2 is 1.71 bits per heavy atom. The number of hydrogen-bond donors (Lipinski definition) is 1. The molecule has 3 rings (SSSR count). The lowest BCUT2D eigenvalue weighted by molar-refractivity contribution is -0.128. The molecule has 0 aliphatic carbocycles. The zero-order valence-corrected chi connectivity index (χ0v) is 20.4. The lowest BCUT2D eigenvalue weighted by Crippen LogP contribution is -2.30. The predicted molar refractivity (Wildman–Crippen MR) is 134 cm³/mol. The molecule has 2 aromatic rings. The summed E-state index contributed by atoms with van der Waals surface area (Å²) in [7, 11) is 0. The molecule has 0 saturated heterocycles. The van der Waals surface area contributed by atoms with Gasteiger partial charge in [0.25, 0.3) is 0 Å². The van der Waals surface area contributed by atoms with E-state index in [-0.39, 0.29) is 17.3 Å². The van der Waals surface area contributed by atoms with Crippen molar-refractivity contribution in [2.75, 3.05) is 6.54 Å². The number of oxime groups is 1. The molecular weight excluding hydrogens is 452 g/mol. The summed E-state index contributed by atoms with van der Waals surface area (Å²) < 4.78 is 6.11. The van der Waals surface area contributed by atoms with Crippen molar-refractivity contribution in [1.29, 1.82) is 0 Å². The monoisotopic (exact) mass is 482 g/mol. The second-order valence-electron chi connectivity index (χ2n) is 8.39. The van der Waals surface area contributed by atoms with E-state index in [2.05, 4.69) is 17.4 Å². The van der Waals surface area contributed by atoms with Gasteiger partial charge in [0.15, 0.2) is 17.1 Å². The third-order valence-electron chi connectivity index (χ3n) is 5.74. The summed E-state index contributed by atoms with van der Waals surface area (Å²) in [6.07, 6.45) is 7.51. The van der Waals surface area contributed by atoms with E-state index in [0.717, 1.165) is 19.3 Å². The fraction of sp³-hybridized carbons (Fsp3) is 0.370. The van der Waals surface area contributed by atoms with Crippen LogP contribution in [0.15, 0.2) is 71.6 Å². The largest absolute Gasteiger partial charge is 0.472 e.